The molecule has 0 bridgehead atoms. The van der Waals surface area contributed by atoms with Gasteiger partial charge < -0.3 is 10.1 Å². The molecule has 1 heterocycles. The molecule has 0 amide bonds. The maximum Gasteiger partial charge on any atom is 0.222 e. The molecule has 0 saturated heterocycles. The van der Waals surface area contributed by atoms with Gasteiger partial charge in [-0.15, -0.1) is 0 Å². The van der Waals surface area contributed by atoms with Crippen LogP contribution in [0.4, 0.5) is 5.95 Å². The lowest BCUT2D eigenvalue weighted by atomic mass is 9.98. The van der Waals surface area contributed by atoms with Crippen LogP contribution >= 0.6 is 22.6 Å². The van der Waals surface area contributed by atoms with Gasteiger partial charge in [0, 0.05) is 22.5 Å². The van der Waals surface area contributed by atoms with Crippen LogP contribution in [0.1, 0.15) is 32.1 Å². The smallest absolute Gasteiger partial charge is 0.222 e. The Hall–Kier alpha value is -0.430. The highest BCUT2D eigenvalue weighted by Gasteiger charge is 2.12. The second kappa shape index (κ2) is 7.10. The molecule has 4 nitrogen and oxygen atoms in total. The molecule has 2 rings (SSSR count). The highest BCUT2D eigenvalue weighted by Crippen LogP contribution is 2.19. The van der Waals surface area contributed by atoms with Crippen molar-refractivity contribution in [2.45, 2.75) is 38.2 Å². The summed E-state index contributed by atoms with van der Waals surface area (Å²) in [5.74, 6) is 0.678. The Morgan fingerprint density at radius 2 is 1.94 bits per heavy atom. The molecule has 1 fully saturated rings. The fourth-order valence-corrected chi connectivity index (χ4v) is 2.30. The van der Waals surface area contributed by atoms with Crippen LogP contribution < -0.4 is 5.32 Å². The lowest BCUT2D eigenvalue weighted by Crippen LogP contribution is -2.20. The SMILES string of the molecule is Ic1cnc(NCCOC2CCCCC2)nc1. The van der Waals surface area contributed by atoms with Gasteiger partial charge in [0.25, 0.3) is 0 Å². The summed E-state index contributed by atoms with van der Waals surface area (Å²) in [6.45, 7) is 1.51. The fourth-order valence-electron chi connectivity index (χ4n) is 2.02. The first kappa shape index (κ1) is 13.0. The van der Waals surface area contributed by atoms with Crippen LogP contribution in [0.3, 0.4) is 0 Å². The van der Waals surface area contributed by atoms with Gasteiger partial charge in [0.05, 0.1) is 12.7 Å². The summed E-state index contributed by atoms with van der Waals surface area (Å²) >= 11 is 2.19. The minimum Gasteiger partial charge on any atom is -0.376 e. The maximum atomic E-state index is 5.81. The number of halogens is 1. The molecule has 0 spiro atoms. The molecule has 5 heteroatoms. The predicted molar refractivity (Wildman–Crippen MR) is 76.1 cm³/mol. The highest BCUT2D eigenvalue weighted by molar-refractivity contribution is 14.1. The van der Waals surface area contributed by atoms with Crippen LogP contribution in [0.5, 0.6) is 0 Å². The monoisotopic (exact) mass is 347 g/mol. The van der Waals surface area contributed by atoms with Crippen LogP contribution in [-0.2, 0) is 4.74 Å². The molecule has 1 aromatic heterocycles. The molecule has 0 radical (unpaired) electrons. The first-order chi connectivity index (χ1) is 8.34. The van der Waals surface area contributed by atoms with Gasteiger partial charge in [-0.3, -0.25) is 0 Å². The molecule has 1 saturated carbocycles. The average molecular weight is 347 g/mol. The Bertz CT molecular complexity index is 325. The maximum absolute atomic E-state index is 5.81. The number of nitrogens with zero attached hydrogens (tertiary/aromatic N) is 2. The van der Waals surface area contributed by atoms with Crippen molar-refractivity contribution in [3.8, 4) is 0 Å². The predicted octanol–water partition coefficient (Wildman–Crippen LogP) is 2.84. The summed E-state index contributed by atoms with van der Waals surface area (Å²) < 4.78 is 6.86. The van der Waals surface area contributed by atoms with E-state index in [1.54, 1.807) is 12.4 Å². The molecular weight excluding hydrogens is 329 g/mol. The molecule has 1 aliphatic rings. The third-order valence-electron chi connectivity index (χ3n) is 2.91. The van der Waals surface area contributed by atoms with Gasteiger partial charge in [-0.1, -0.05) is 19.3 Å². The minimum atomic E-state index is 0.475. The topological polar surface area (TPSA) is 47.0 Å². The number of aromatic nitrogens is 2. The number of hydrogen-bond acceptors (Lipinski definition) is 4. The normalized spacial score (nSPS) is 17.0. The van der Waals surface area contributed by atoms with E-state index >= 15 is 0 Å². The lowest BCUT2D eigenvalue weighted by molar-refractivity contribution is 0.0347. The van der Waals surface area contributed by atoms with E-state index in [4.69, 9.17) is 4.74 Å². The third-order valence-corrected chi connectivity index (χ3v) is 3.47. The Morgan fingerprint density at radius 3 is 2.65 bits per heavy atom. The first-order valence-electron chi connectivity index (χ1n) is 6.17. The summed E-state index contributed by atoms with van der Waals surface area (Å²) in [5, 5.41) is 3.16. The number of hydrogen-bond donors (Lipinski definition) is 1. The van der Waals surface area contributed by atoms with Gasteiger partial charge in [-0.25, -0.2) is 9.97 Å². The van der Waals surface area contributed by atoms with E-state index in [9.17, 15) is 0 Å². The summed E-state index contributed by atoms with van der Waals surface area (Å²) in [7, 11) is 0. The summed E-state index contributed by atoms with van der Waals surface area (Å²) in [6, 6.07) is 0. The minimum absolute atomic E-state index is 0.475. The van der Waals surface area contributed by atoms with Crippen LogP contribution in [0.2, 0.25) is 0 Å². The van der Waals surface area contributed by atoms with Gasteiger partial charge in [0.1, 0.15) is 0 Å². The largest absolute Gasteiger partial charge is 0.376 e. The van der Waals surface area contributed by atoms with Crippen molar-refractivity contribution < 1.29 is 4.74 Å². The molecule has 1 N–H and O–H groups in total. The van der Waals surface area contributed by atoms with E-state index in [0.717, 1.165) is 16.7 Å². The van der Waals surface area contributed by atoms with Crippen LogP contribution in [0.15, 0.2) is 12.4 Å². The van der Waals surface area contributed by atoms with Gasteiger partial charge in [0.15, 0.2) is 0 Å². The molecule has 0 aromatic carbocycles. The van der Waals surface area contributed by atoms with E-state index in [-0.39, 0.29) is 0 Å². The van der Waals surface area contributed by atoms with E-state index in [1.165, 1.54) is 32.1 Å². The first-order valence-corrected chi connectivity index (χ1v) is 7.25. The molecule has 0 atom stereocenters. The summed E-state index contributed by atoms with van der Waals surface area (Å²) in [5.41, 5.74) is 0. The van der Waals surface area contributed by atoms with Gasteiger partial charge in [-0.05, 0) is 35.4 Å². The fraction of sp³-hybridized carbons (Fsp3) is 0.667. The molecule has 1 aromatic rings. The van der Waals surface area contributed by atoms with Gasteiger partial charge >= 0.3 is 0 Å². The van der Waals surface area contributed by atoms with Crippen molar-refractivity contribution in [1.82, 2.24) is 9.97 Å². The van der Waals surface area contributed by atoms with Crippen LogP contribution in [0.25, 0.3) is 0 Å². The van der Waals surface area contributed by atoms with Crippen LogP contribution in [0, 0.1) is 3.57 Å². The molecule has 1 aliphatic carbocycles. The van der Waals surface area contributed by atoms with Gasteiger partial charge in [0.2, 0.25) is 5.95 Å². The third kappa shape index (κ3) is 4.75. The zero-order chi connectivity index (χ0) is 11.9. The highest BCUT2D eigenvalue weighted by atomic mass is 127. The van der Waals surface area contributed by atoms with Crippen molar-refractivity contribution in [2.75, 3.05) is 18.5 Å². The van der Waals surface area contributed by atoms with Crippen LogP contribution in [-0.4, -0.2) is 29.2 Å². The average Bonchev–Trinajstić information content (AvgIpc) is 2.38. The standard InChI is InChI=1S/C12H18IN3O/c13-10-8-15-12(16-9-10)14-6-7-17-11-4-2-1-3-5-11/h8-9,11H,1-7H2,(H,14,15,16). The zero-order valence-corrected chi connectivity index (χ0v) is 12.0. The van der Waals surface area contributed by atoms with Crippen molar-refractivity contribution in [1.29, 1.82) is 0 Å². The Balaban J connectivity index is 1.60. The van der Waals surface area contributed by atoms with Crippen molar-refractivity contribution in [3.63, 3.8) is 0 Å². The quantitative estimate of drug-likeness (QED) is 0.657. The molecule has 17 heavy (non-hydrogen) atoms. The van der Waals surface area contributed by atoms with Gasteiger partial charge in [-0.2, -0.15) is 0 Å². The lowest BCUT2D eigenvalue weighted by Gasteiger charge is -2.21. The number of rotatable bonds is 5. The second-order valence-electron chi connectivity index (χ2n) is 4.28. The van der Waals surface area contributed by atoms with E-state index in [2.05, 4.69) is 37.9 Å². The van der Waals surface area contributed by atoms with Crippen molar-refractivity contribution in [3.05, 3.63) is 16.0 Å². The van der Waals surface area contributed by atoms with Crippen molar-refractivity contribution >= 4 is 28.5 Å². The van der Waals surface area contributed by atoms with E-state index in [1.807, 2.05) is 0 Å². The summed E-state index contributed by atoms with van der Waals surface area (Å²) in [6.07, 6.45) is 10.5. The van der Waals surface area contributed by atoms with Crippen molar-refractivity contribution in [2.24, 2.45) is 0 Å². The second-order valence-corrected chi connectivity index (χ2v) is 5.53. The molecule has 0 aliphatic heterocycles. The number of ether oxygens (including phenoxy) is 1. The summed E-state index contributed by atoms with van der Waals surface area (Å²) in [4.78, 5) is 8.35. The van der Waals surface area contributed by atoms with E-state index < -0.39 is 0 Å². The Kier molecular flexibility index (Phi) is 5.44. The molecule has 0 unspecified atom stereocenters. The molecule has 94 valence electrons. The molecular formula is C12H18IN3O. The Labute approximate surface area is 116 Å². The Morgan fingerprint density at radius 1 is 1.24 bits per heavy atom. The number of anilines is 1. The number of nitrogens with one attached hydrogen (secondary N) is 1. The van der Waals surface area contributed by atoms with E-state index in [0.29, 0.717) is 12.1 Å². The zero-order valence-electron chi connectivity index (χ0n) is 9.86.